The Bertz CT molecular complexity index is 1070. The number of fused-ring (bicyclic) bond motifs is 1. The van der Waals surface area contributed by atoms with Gasteiger partial charge in [-0.05, 0) is 41.1 Å². The molecule has 0 fully saturated rings. The van der Waals surface area contributed by atoms with E-state index in [9.17, 15) is 13.2 Å². The fourth-order valence-corrected chi connectivity index (χ4v) is 4.69. The van der Waals surface area contributed by atoms with Crippen LogP contribution in [0, 0.1) is 6.92 Å². The Kier molecular flexibility index (Phi) is 4.47. The van der Waals surface area contributed by atoms with Crippen LogP contribution in [0.3, 0.4) is 0 Å². The molecule has 2 aromatic carbocycles. The van der Waals surface area contributed by atoms with Gasteiger partial charge >= 0.3 is 0 Å². The van der Waals surface area contributed by atoms with E-state index in [0.29, 0.717) is 20.9 Å². The van der Waals surface area contributed by atoms with Gasteiger partial charge in [-0.2, -0.15) is 0 Å². The molecule has 1 amide bonds. The number of carbonyl (C=O) groups excluding carboxylic acids is 1. The van der Waals surface area contributed by atoms with Gasteiger partial charge in [0.1, 0.15) is 0 Å². The molecule has 0 aliphatic heterocycles. The van der Waals surface area contributed by atoms with Gasteiger partial charge in [0.25, 0.3) is 15.9 Å². The van der Waals surface area contributed by atoms with Crippen molar-refractivity contribution in [3.8, 4) is 0 Å². The third-order valence-corrected chi connectivity index (χ3v) is 6.26. The third kappa shape index (κ3) is 2.98. The van der Waals surface area contributed by atoms with Crippen molar-refractivity contribution in [2.45, 2.75) is 11.8 Å². The van der Waals surface area contributed by atoms with E-state index < -0.39 is 10.0 Å². The largest absolute Gasteiger partial charge is 0.345 e. The first-order valence-corrected chi connectivity index (χ1v) is 9.80. The zero-order chi connectivity index (χ0) is 18.4. The fourth-order valence-electron chi connectivity index (χ4n) is 2.64. The van der Waals surface area contributed by atoms with E-state index in [1.165, 1.54) is 15.1 Å². The number of carbonyl (C=O) groups is 1. The van der Waals surface area contributed by atoms with Crippen LogP contribution < -0.4 is 0 Å². The lowest BCUT2D eigenvalue weighted by molar-refractivity contribution is 0.0829. The fraction of sp³-hybridized carbons (Fsp3) is 0.167. The van der Waals surface area contributed by atoms with Crippen LogP contribution in [0.15, 0.2) is 58.0 Å². The van der Waals surface area contributed by atoms with Crippen LogP contribution in [0.25, 0.3) is 10.9 Å². The van der Waals surface area contributed by atoms with Crippen molar-refractivity contribution in [1.29, 1.82) is 0 Å². The molecule has 5 nitrogen and oxygen atoms in total. The summed E-state index contributed by atoms with van der Waals surface area (Å²) in [5.41, 5.74) is 1.68. The molecule has 1 aromatic heterocycles. The first kappa shape index (κ1) is 17.7. The predicted molar refractivity (Wildman–Crippen MR) is 101 cm³/mol. The number of benzene rings is 2. The van der Waals surface area contributed by atoms with E-state index in [-0.39, 0.29) is 10.8 Å². The molecule has 3 aromatic rings. The highest BCUT2D eigenvalue weighted by atomic mass is 79.9. The number of aromatic nitrogens is 1. The first-order valence-electron chi connectivity index (χ1n) is 7.57. The number of amides is 1. The molecule has 0 saturated heterocycles. The maximum absolute atomic E-state index is 13.1. The Balaban J connectivity index is 2.33. The van der Waals surface area contributed by atoms with Crippen LogP contribution in [-0.2, 0) is 10.0 Å². The number of halogens is 1. The third-order valence-electron chi connectivity index (χ3n) is 3.96. The van der Waals surface area contributed by atoms with Crippen LogP contribution in [0.5, 0.6) is 0 Å². The molecular weight excluding hydrogens is 404 g/mol. The zero-order valence-electron chi connectivity index (χ0n) is 14.0. The molecule has 0 bridgehead atoms. The molecule has 0 spiro atoms. The van der Waals surface area contributed by atoms with E-state index in [4.69, 9.17) is 0 Å². The number of para-hydroxylation sites is 1. The highest BCUT2D eigenvalue weighted by Gasteiger charge is 2.24. The molecule has 0 aliphatic rings. The van der Waals surface area contributed by atoms with E-state index in [2.05, 4.69) is 15.9 Å². The number of hydrogen-bond acceptors (Lipinski definition) is 3. The normalized spacial score (nSPS) is 11.7. The van der Waals surface area contributed by atoms with Gasteiger partial charge in [0, 0.05) is 30.2 Å². The van der Waals surface area contributed by atoms with Gasteiger partial charge < -0.3 is 4.90 Å². The molecule has 0 unspecified atom stereocenters. The zero-order valence-corrected chi connectivity index (χ0v) is 16.4. The van der Waals surface area contributed by atoms with E-state index >= 15 is 0 Å². The lowest BCUT2D eigenvalue weighted by Crippen LogP contribution is -2.23. The average molecular weight is 421 g/mol. The van der Waals surface area contributed by atoms with Crippen molar-refractivity contribution in [3.63, 3.8) is 0 Å². The summed E-state index contributed by atoms with van der Waals surface area (Å²) in [4.78, 5) is 14.1. The summed E-state index contributed by atoms with van der Waals surface area (Å²) >= 11 is 3.40. The van der Waals surface area contributed by atoms with Crippen LogP contribution in [-0.4, -0.2) is 37.3 Å². The predicted octanol–water partition coefficient (Wildman–Crippen LogP) is 3.65. The Labute approximate surface area is 155 Å². The highest BCUT2D eigenvalue weighted by Crippen LogP contribution is 2.32. The van der Waals surface area contributed by atoms with Gasteiger partial charge in [0.15, 0.2) is 0 Å². The second kappa shape index (κ2) is 6.31. The Morgan fingerprint density at radius 1 is 1.08 bits per heavy atom. The quantitative estimate of drug-likeness (QED) is 0.649. The maximum atomic E-state index is 13.1. The molecule has 25 heavy (non-hydrogen) atoms. The molecule has 1 heterocycles. The highest BCUT2D eigenvalue weighted by molar-refractivity contribution is 9.10. The van der Waals surface area contributed by atoms with Crippen LogP contribution in [0.1, 0.15) is 15.9 Å². The minimum absolute atomic E-state index is 0.176. The standard InChI is InChI=1S/C18H17BrN2O3S/c1-12-7-9-13(10-8-12)25(23,24)21-11-16(19)14-5-4-6-15(17(14)21)18(22)20(2)3/h4-11H,1-3H3. The van der Waals surface area contributed by atoms with Crippen molar-refractivity contribution < 1.29 is 13.2 Å². The number of nitrogens with zero attached hydrogens (tertiary/aromatic N) is 2. The van der Waals surface area contributed by atoms with E-state index in [0.717, 1.165) is 5.56 Å². The van der Waals surface area contributed by atoms with Crippen LogP contribution >= 0.6 is 15.9 Å². The van der Waals surface area contributed by atoms with Crippen LogP contribution in [0.4, 0.5) is 0 Å². The Morgan fingerprint density at radius 2 is 1.72 bits per heavy atom. The van der Waals surface area contributed by atoms with Crippen molar-refractivity contribution in [1.82, 2.24) is 8.87 Å². The average Bonchev–Trinajstić information content (AvgIpc) is 2.92. The molecule has 0 aliphatic carbocycles. The molecule has 0 atom stereocenters. The van der Waals surface area contributed by atoms with Crippen molar-refractivity contribution >= 4 is 42.8 Å². The maximum Gasteiger partial charge on any atom is 0.268 e. The SMILES string of the molecule is Cc1ccc(S(=O)(=O)n2cc(Br)c3cccc(C(=O)N(C)C)c32)cc1. The molecule has 3 rings (SSSR count). The summed E-state index contributed by atoms with van der Waals surface area (Å²) < 4.78 is 28.1. The van der Waals surface area contributed by atoms with Gasteiger partial charge in [-0.3, -0.25) is 4.79 Å². The Hall–Kier alpha value is -2.12. The van der Waals surface area contributed by atoms with Gasteiger partial charge in [-0.1, -0.05) is 29.8 Å². The van der Waals surface area contributed by atoms with E-state index in [1.54, 1.807) is 56.6 Å². The molecule has 130 valence electrons. The van der Waals surface area contributed by atoms with E-state index in [1.807, 2.05) is 6.92 Å². The summed E-state index contributed by atoms with van der Waals surface area (Å²) in [7, 11) is -0.554. The van der Waals surface area contributed by atoms with Crippen molar-refractivity contribution in [2.75, 3.05) is 14.1 Å². The molecule has 0 N–H and O–H groups in total. The lowest BCUT2D eigenvalue weighted by Gasteiger charge is -2.14. The summed E-state index contributed by atoms with van der Waals surface area (Å²) in [5, 5.41) is 0.670. The monoisotopic (exact) mass is 420 g/mol. The topological polar surface area (TPSA) is 59.4 Å². The second-order valence-corrected chi connectivity index (χ2v) is 8.66. The summed E-state index contributed by atoms with van der Waals surface area (Å²) in [6.45, 7) is 1.89. The molecular formula is C18H17BrN2O3S. The molecule has 7 heteroatoms. The lowest BCUT2D eigenvalue weighted by atomic mass is 10.1. The number of rotatable bonds is 3. The number of hydrogen-bond donors (Lipinski definition) is 0. The van der Waals surface area contributed by atoms with Gasteiger partial charge in [-0.15, -0.1) is 0 Å². The molecule has 0 saturated carbocycles. The molecule has 0 radical (unpaired) electrons. The minimum Gasteiger partial charge on any atom is -0.345 e. The van der Waals surface area contributed by atoms with Crippen molar-refractivity contribution in [2.24, 2.45) is 0 Å². The minimum atomic E-state index is -3.83. The van der Waals surface area contributed by atoms with Crippen molar-refractivity contribution in [3.05, 3.63) is 64.3 Å². The Morgan fingerprint density at radius 3 is 2.32 bits per heavy atom. The summed E-state index contributed by atoms with van der Waals surface area (Å²) in [6, 6.07) is 11.8. The van der Waals surface area contributed by atoms with Gasteiger partial charge in [0.2, 0.25) is 0 Å². The first-order chi connectivity index (χ1) is 11.7. The van der Waals surface area contributed by atoms with Gasteiger partial charge in [-0.25, -0.2) is 12.4 Å². The smallest absolute Gasteiger partial charge is 0.268 e. The second-order valence-electron chi connectivity index (χ2n) is 5.99. The summed E-state index contributed by atoms with van der Waals surface area (Å²) in [5.74, 6) is -0.253. The van der Waals surface area contributed by atoms with Gasteiger partial charge in [0.05, 0.1) is 16.0 Å². The van der Waals surface area contributed by atoms with Crippen LogP contribution in [0.2, 0.25) is 0 Å². The number of aryl methyl sites for hydroxylation is 1. The summed E-state index contributed by atoms with van der Waals surface area (Å²) in [6.07, 6.45) is 1.49.